The van der Waals surface area contributed by atoms with Gasteiger partial charge in [0, 0.05) is 21.1 Å². The summed E-state index contributed by atoms with van der Waals surface area (Å²) in [4.78, 5) is 7.90. The van der Waals surface area contributed by atoms with E-state index in [1.165, 1.54) is 11.1 Å². The van der Waals surface area contributed by atoms with Crippen LogP contribution in [0.1, 0.15) is 37.6 Å². The highest BCUT2D eigenvalue weighted by molar-refractivity contribution is 9.10. The normalized spacial score (nSPS) is 11.7. The van der Waals surface area contributed by atoms with Gasteiger partial charge in [0.1, 0.15) is 10.5 Å². The van der Waals surface area contributed by atoms with Gasteiger partial charge in [-0.25, -0.2) is 4.98 Å². The first-order valence-electron chi connectivity index (χ1n) is 6.57. The van der Waals surface area contributed by atoms with Gasteiger partial charge in [-0.05, 0) is 43.2 Å². The predicted molar refractivity (Wildman–Crippen MR) is 90.7 cm³/mol. The molecule has 0 bridgehead atoms. The third-order valence-corrected chi connectivity index (χ3v) is 4.72. The zero-order valence-corrected chi connectivity index (χ0v) is 14.9. The van der Waals surface area contributed by atoms with Crippen molar-refractivity contribution in [2.24, 2.45) is 0 Å². The van der Waals surface area contributed by atoms with Crippen LogP contribution in [-0.4, -0.2) is 9.97 Å². The molecule has 1 aromatic heterocycles. The van der Waals surface area contributed by atoms with Crippen LogP contribution in [0.2, 0.25) is 0 Å². The zero-order valence-electron chi connectivity index (χ0n) is 12.5. The van der Waals surface area contributed by atoms with E-state index in [9.17, 15) is 0 Å². The number of aromatic amines is 1. The van der Waals surface area contributed by atoms with Crippen LogP contribution >= 0.6 is 28.1 Å². The van der Waals surface area contributed by atoms with Crippen LogP contribution in [0.3, 0.4) is 0 Å². The van der Waals surface area contributed by atoms with E-state index in [4.69, 9.17) is 12.2 Å². The Kier molecular flexibility index (Phi) is 4.17. The van der Waals surface area contributed by atoms with Crippen LogP contribution in [0.15, 0.2) is 22.7 Å². The van der Waals surface area contributed by atoms with Gasteiger partial charge in [0.25, 0.3) is 0 Å². The molecule has 0 atom stereocenters. The van der Waals surface area contributed by atoms with Crippen molar-refractivity contribution in [1.29, 1.82) is 0 Å². The van der Waals surface area contributed by atoms with Crippen molar-refractivity contribution in [3.63, 3.8) is 0 Å². The Morgan fingerprint density at radius 1 is 1.10 bits per heavy atom. The molecule has 1 aromatic carbocycles. The number of nitrogens with zero attached hydrogens (tertiary/aromatic N) is 1. The lowest BCUT2D eigenvalue weighted by Gasteiger charge is -2.19. The van der Waals surface area contributed by atoms with Gasteiger partial charge in [-0.1, -0.05) is 48.9 Å². The minimum Gasteiger partial charge on any atom is -0.343 e. The molecular formula is C16H19BrN2S. The molecule has 0 aliphatic heterocycles. The molecular weight excluding hydrogens is 332 g/mol. The van der Waals surface area contributed by atoms with E-state index in [0.717, 1.165) is 21.6 Å². The molecule has 20 heavy (non-hydrogen) atoms. The van der Waals surface area contributed by atoms with Gasteiger partial charge in [-0.15, -0.1) is 0 Å². The molecule has 4 heteroatoms. The number of hydrogen-bond donors (Lipinski definition) is 1. The molecule has 1 N–H and O–H groups in total. The van der Waals surface area contributed by atoms with E-state index in [0.29, 0.717) is 4.64 Å². The van der Waals surface area contributed by atoms with Crippen LogP contribution in [0.25, 0.3) is 11.4 Å². The summed E-state index contributed by atoms with van der Waals surface area (Å²) in [6.45, 7) is 10.7. The summed E-state index contributed by atoms with van der Waals surface area (Å²) in [5.74, 6) is 0.834. The molecule has 0 spiro atoms. The molecule has 0 saturated heterocycles. The second-order valence-electron chi connectivity index (χ2n) is 6.16. The average molecular weight is 351 g/mol. The van der Waals surface area contributed by atoms with Gasteiger partial charge >= 0.3 is 0 Å². The maximum atomic E-state index is 5.31. The molecule has 106 valence electrons. The SMILES string of the molecule is Cc1cc(-c2nc(=S)cc(C(C)(C)C)[nH]2)cc(C)c1Br. The van der Waals surface area contributed by atoms with Crippen LogP contribution in [0.5, 0.6) is 0 Å². The summed E-state index contributed by atoms with van der Waals surface area (Å²) in [6, 6.07) is 6.19. The molecule has 0 saturated carbocycles. The molecule has 1 heterocycles. The zero-order chi connectivity index (χ0) is 15.1. The first-order valence-corrected chi connectivity index (χ1v) is 7.77. The first-order chi connectivity index (χ1) is 9.18. The quantitative estimate of drug-likeness (QED) is 0.689. The Bertz CT molecular complexity index is 688. The van der Waals surface area contributed by atoms with Crippen LogP contribution in [-0.2, 0) is 5.41 Å². The number of aromatic nitrogens is 2. The van der Waals surface area contributed by atoms with Crippen molar-refractivity contribution in [3.8, 4) is 11.4 Å². The number of halogens is 1. The fraction of sp³-hybridized carbons (Fsp3) is 0.375. The standard InChI is InChI=1S/C16H19BrN2S/c1-9-6-11(7-10(2)14(9)17)15-18-12(16(3,4)5)8-13(20)19-15/h6-8H,1-5H3,(H,18,19,20). The second-order valence-corrected chi connectivity index (χ2v) is 7.37. The van der Waals surface area contributed by atoms with Crippen molar-refractivity contribution >= 4 is 28.1 Å². The van der Waals surface area contributed by atoms with E-state index in [2.05, 4.69) is 72.6 Å². The van der Waals surface area contributed by atoms with E-state index >= 15 is 0 Å². The third-order valence-electron chi connectivity index (χ3n) is 3.26. The number of nitrogens with one attached hydrogen (secondary N) is 1. The average Bonchev–Trinajstić information content (AvgIpc) is 2.33. The van der Waals surface area contributed by atoms with E-state index < -0.39 is 0 Å². The molecule has 0 radical (unpaired) electrons. The van der Waals surface area contributed by atoms with Crippen molar-refractivity contribution in [2.75, 3.05) is 0 Å². The van der Waals surface area contributed by atoms with Gasteiger partial charge < -0.3 is 4.98 Å². The highest BCUT2D eigenvalue weighted by Crippen LogP contribution is 2.28. The van der Waals surface area contributed by atoms with Gasteiger partial charge in [-0.2, -0.15) is 0 Å². The summed E-state index contributed by atoms with van der Waals surface area (Å²) < 4.78 is 1.77. The fourth-order valence-electron chi connectivity index (χ4n) is 2.08. The minimum absolute atomic E-state index is 0.0186. The predicted octanol–water partition coefficient (Wildman–Crippen LogP) is 5.48. The summed E-state index contributed by atoms with van der Waals surface area (Å²) in [5.41, 5.74) is 4.58. The number of aryl methyl sites for hydroxylation is 2. The molecule has 2 aromatic rings. The monoisotopic (exact) mass is 350 g/mol. The number of benzene rings is 1. The molecule has 0 aliphatic carbocycles. The molecule has 0 amide bonds. The molecule has 0 fully saturated rings. The van der Waals surface area contributed by atoms with E-state index in [1.807, 2.05) is 6.07 Å². The summed E-state index contributed by atoms with van der Waals surface area (Å²) in [6.07, 6.45) is 0. The summed E-state index contributed by atoms with van der Waals surface area (Å²) in [7, 11) is 0. The highest BCUT2D eigenvalue weighted by Gasteiger charge is 2.16. The number of rotatable bonds is 1. The Morgan fingerprint density at radius 3 is 2.15 bits per heavy atom. The van der Waals surface area contributed by atoms with E-state index in [1.54, 1.807) is 0 Å². The Balaban J connectivity index is 2.65. The molecule has 0 unspecified atom stereocenters. The lowest BCUT2D eigenvalue weighted by atomic mass is 9.92. The van der Waals surface area contributed by atoms with E-state index in [-0.39, 0.29) is 5.41 Å². The topological polar surface area (TPSA) is 28.7 Å². The molecule has 2 nitrogen and oxygen atoms in total. The van der Waals surface area contributed by atoms with Crippen LogP contribution < -0.4 is 0 Å². The van der Waals surface area contributed by atoms with Gasteiger partial charge in [0.2, 0.25) is 0 Å². The first kappa shape index (κ1) is 15.4. The highest BCUT2D eigenvalue weighted by atomic mass is 79.9. The fourth-order valence-corrected chi connectivity index (χ4v) is 2.52. The van der Waals surface area contributed by atoms with Gasteiger partial charge in [0.05, 0.1) is 0 Å². The third kappa shape index (κ3) is 3.18. The maximum absolute atomic E-state index is 5.31. The Morgan fingerprint density at radius 2 is 1.65 bits per heavy atom. The molecule has 0 aliphatic rings. The summed E-state index contributed by atoms with van der Waals surface area (Å²) in [5, 5.41) is 0. The lowest BCUT2D eigenvalue weighted by Crippen LogP contribution is -2.14. The Labute approximate surface area is 133 Å². The number of H-pyrrole nitrogens is 1. The van der Waals surface area contributed by atoms with Gasteiger partial charge in [-0.3, -0.25) is 0 Å². The van der Waals surface area contributed by atoms with Crippen LogP contribution in [0, 0.1) is 18.5 Å². The smallest absolute Gasteiger partial charge is 0.139 e. The maximum Gasteiger partial charge on any atom is 0.139 e. The lowest BCUT2D eigenvalue weighted by molar-refractivity contribution is 0.567. The molecule has 2 rings (SSSR count). The Hall–Kier alpha value is -1.00. The van der Waals surface area contributed by atoms with Crippen molar-refractivity contribution < 1.29 is 0 Å². The van der Waals surface area contributed by atoms with Crippen molar-refractivity contribution in [2.45, 2.75) is 40.0 Å². The number of hydrogen-bond acceptors (Lipinski definition) is 2. The largest absolute Gasteiger partial charge is 0.343 e. The second kappa shape index (κ2) is 5.41. The van der Waals surface area contributed by atoms with Gasteiger partial charge in [0.15, 0.2) is 0 Å². The van der Waals surface area contributed by atoms with Crippen molar-refractivity contribution in [3.05, 3.63) is 44.1 Å². The van der Waals surface area contributed by atoms with Crippen LogP contribution in [0.4, 0.5) is 0 Å². The van der Waals surface area contributed by atoms with Crippen molar-refractivity contribution in [1.82, 2.24) is 9.97 Å². The minimum atomic E-state index is 0.0186. The summed E-state index contributed by atoms with van der Waals surface area (Å²) >= 11 is 8.90.